The zero-order valence-corrected chi connectivity index (χ0v) is 18.6. The molecule has 3 aliphatic rings. The summed E-state index contributed by atoms with van der Waals surface area (Å²) in [5.74, 6) is 1.02. The third-order valence-corrected chi connectivity index (χ3v) is 6.94. The van der Waals surface area contributed by atoms with Gasteiger partial charge in [0.25, 0.3) is 0 Å². The first-order chi connectivity index (χ1) is 15.6. The molecule has 0 aromatic carbocycles. The summed E-state index contributed by atoms with van der Waals surface area (Å²) in [5, 5.41) is 10.1. The van der Waals surface area contributed by atoms with Gasteiger partial charge in [-0.1, -0.05) is 0 Å². The molecule has 1 aliphatic heterocycles. The number of methoxy groups -OCH3 is 1. The summed E-state index contributed by atoms with van der Waals surface area (Å²) in [6.07, 6.45) is -0.220. The lowest BCUT2D eigenvalue weighted by atomic mass is 9.80. The van der Waals surface area contributed by atoms with Crippen molar-refractivity contribution in [1.29, 1.82) is 0 Å². The summed E-state index contributed by atoms with van der Waals surface area (Å²) in [6, 6.07) is 0.586. The zero-order chi connectivity index (χ0) is 23.5. The molecule has 12 heteroatoms. The van der Waals surface area contributed by atoms with E-state index in [2.05, 4.69) is 25.7 Å². The van der Waals surface area contributed by atoms with Crippen LogP contribution in [0, 0.1) is 12.8 Å². The molecule has 2 aromatic heterocycles. The first-order valence-electron chi connectivity index (χ1n) is 10.9. The van der Waals surface area contributed by atoms with Crippen molar-refractivity contribution in [1.82, 2.24) is 19.7 Å². The number of alkyl halides is 3. The number of amides is 1. The number of nitrogens with zero attached hydrogens (tertiary/aromatic N) is 5. The molecule has 0 bridgehead atoms. The third-order valence-electron chi connectivity index (χ3n) is 6.94. The lowest BCUT2D eigenvalue weighted by Gasteiger charge is -2.39. The molecular formula is C21H26F3N7O2. The Morgan fingerprint density at radius 1 is 1.30 bits per heavy atom. The quantitative estimate of drug-likeness (QED) is 0.677. The number of aryl methyl sites for hydroxylation is 1. The highest BCUT2D eigenvalue weighted by Crippen LogP contribution is 2.47. The van der Waals surface area contributed by atoms with E-state index in [1.54, 1.807) is 7.11 Å². The number of anilines is 3. The maximum absolute atomic E-state index is 13.1. The first kappa shape index (κ1) is 21.9. The van der Waals surface area contributed by atoms with E-state index >= 15 is 0 Å². The molecule has 2 saturated carbocycles. The smallest absolute Gasteiger partial charge is 0.376 e. The number of carbonyl (C=O) groups excluding carboxylic acids is 1. The van der Waals surface area contributed by atoms with Crippen LogP contribution in [-0.2, 0) is 22.3 Å². The molecule has 0 unspecified atom stereocenters. The average molecular weight is 465 g/mol. The van der Waals surface area contributed by atoms with E-state index in [4.69, 9.17) is 4.74 Å². The topological polar surface area (TPSA) is 97.2 Å². The normalized spacial score (nSPS) is 25.8. The van der Waals surface area contributed by atoms with Gasteiger partial charge in [0.05, 0.1) is 11.3 Å². The number of likely N-dealkylation sites (N-methyl/N-ethyl adjacent to an activating group) is 1. The molecule has 0 saturated heterocycles. The molecule has 2 aromatic rings. The zero-order valence-electron chi connectivity index (χ0n) is 18.6. The second kappa shape index (κ2) is 7.57. The fourth-order valence-electron chi connectivity index (χ4n) is 4.97. The number of hydrogen-bond acceptors (Lipinski definition) is 7. The van der Waals surface area contributed by atoms with Crippen molar-refractivity contribution in [3.8, 4) is 0 Å². The van der Waals surface area contributed by atoms with E-state index in [1.807, 2.05) is 18.9 Å². The summed E-state index contributed by atoms with van der Waals surface area (Å²) < 4.78 is 45.8. The summed E-state index contributed by atoms with van der Waals surface area (Å²) in [7, 11) is 3.45. The van der Waals surface area contributed by atoms with Crippen molar-refractivity contribution >= 4 is 23.4 Å². The number of halogens is 3. The molecule has 5 rings (SSSR count). The highest BCUT2D eigenvalue weighted by Gasteiger charge is 2.57. The van der Waals surface area contributed by atoms with Crippen molar-refractivity contribution in [2.24, 2.45) is 5.92 Å². The summed E-state index contributed by atoms with van der Waals surface area (Å²) >= 11 is 0. The third kappa shape index (κ3) is 3.79. The van der Waals surface area contributed by atoms with E-state index in [1.165, 1.54) is 6.20 Å². The minimum absolute atomic E-state index is 0.0605. The standard InChI is InChI=1S/C21H26F3N7O2/c1-11-15-17(30(2)16(18(32)28-15)20(33-3)5-6-20)29-19(26-11)27-13-8-12(9-13)10-31-14(4-7-25-31)21(22,23)24/h4,7,12-13,16H,5-6,8-10H2,1-3H3,(H,28,32)(H,26,27,29)/t12-,13+,16-/m1/s1. The molecular weight excluding hydrogens is 439 g/mol. The van der Waals surface area contributed by atoms with Crippen LogP contribution in [0.25, 0.3) is 0 Å². The van der Waals surface area contributed by atoms with Gasteiger partial charge in [0.15, 0.2) is 5.82 Å². The van der Waals surface area contributed by atoms with Gasteiger partial charge in [-0.15, -0.1) is 0 Å². The number of carbonyl (C=O) groups is 1. The van der Waals surface area contributed by atoms with Gasteiger partial charge in [-0.05, 0) is 44.6 Å². The van der Waals surface area contributed by atoms with Gasteiger partial charge in [-0.2, -0.15) is 23.3 Å². The molecule has 2 fully saturated rings. The van der Waals surface area contributed by atoms with Crippen LogP contribution in [0.15, 0.2) is 12.3 Å². The van der Waals surface area contributed by atoms with Crippen LogP contribution in [0.4, 0.5) is 30.6 Å². The molecule has 1 atom stereocenters. The van der Waals surface area contributed by atoms with Gasteiger partial charge in [0, 0.05) is 32.9 Å². The predicted octanol–water partition coefficient (Wildman–Crippen LogP) is 2.83. The Balaban J connectivity index is 1.26. The van der Waals surface area contributed by atoms with Crippen LogP contribution in [0.3, 0.4) is 0 Å². The van der Waals surface area contributed by atoms with Gasteiger partial charge < -0.3 is 20.3 Å². The molecule has 0 radical (unpaired) electrons. The minimum Gasteiger partial charge on any atom is -0.376 e. The molecule has 33 heavy (non-hydrogen) atoms. The molecule has 2 aliphatic carbocycles. The van der Waals surface area contributed by atoms with Crippen LogP contribution in [0.5, 0.6) is 0 Å². The van der Waals surface area contributed by atoms with Gasteiger partial charge in [-0.25, -0.2) is 4.98 Å². The second-order valence-electron chi connectivity index (χ2n) is 9.18. The summed E-state index contributed by atoms with van der Waals surface area (Å²) in [5.41, 5.74) is 0.00902. The molecule has 9 nitrogen and oxygen atoms in total. The Hall–Kier alpha value is -2.89. The second-order valence-corrected chi connectivity index (χ2v) is 9.18. The van der Waals surface area contributed by atoms with Crippen LogP contribution in [0.1, 0.15) is 37.1 Å². The Bertz CT molecular complexity index is 1080. The fraction of sp³-hybridized carbons (Fsp3) is 0.619. The number of aromatic nitrogens is 4. The van der Waals surface area contributed by atoms with E-state index in [0.717, 1.165) is 23.6 Å². The lowest BCUT2D eigenvalue weighted by Crippen LogP contribution is -2.55. The van der Waals surface area contributed by atoms with Crippen LogP contribution in [-0.4, -0.2) is 57.5 Å². The number of fused-ring (bicyclic) bond motifs is 1. The molecule has 3 heterocycles. The largest absolute Gasteiger partial charge is 0.433 e. The van der Waals surface area contributed by atoms with Crippen LogP contribution >= 0.6 is 0 Å². The lowest BCUT2D eigenvalue weighted by molar-refractivity contribution is -0.144. The maximum atomic E-state index is 13.1. The summed E-state index contributed by atoms with van der Waals surface area (Å²) in [6.45, 7) is 2.03. The van der Waals surface area contributed by atoms with Crippen LogP contribution < -0.4 is 15.5 Å². The maximum Gasteiger partial charge on any atom is 0.433 e. The Morgan fingerprint density at radius 2 is 2.03 bits per heavy atom. The van der Waals surface area contributed by atoms with Crippen LogP contribution in [0.2, 0.25) is 0 Å². The van der Waals surface area contributed by atoms with Crippen molar-refractivity contribution in [2.75, 3.05) is 29.7 Å². The molecule has 1 amide bonds. The molecule has 178 valence electrons. The SMILES string of the molecule is COC1([C@H]2C(=O)Nc3c(C)nc(N[C@H]4C[C@@H](Cn5nccc5C(F)(F)F)C4)nc3N2C)CC1. The highest BCUT2D eigenvalue weighted by molar-refractivity contribution is 6.04. The predicted molar refractivity (Wildman–Crippen MR) is 114 cm³/mol. The van der Waals surface area contributed by atoms with E-state index in [9.17, 15) is 18.0 Å². The Labute approximate surface area is 188 Å². The van der Waals surface area contributed by atoms with Crippen molar-refractivity contribution < 1.29 is 22.7 Å². The minimum atomic E-state index is -4.41. The van der Waals surface area contributed by atoms with E-state index < -0.39 is 23.5 Å². The van der Waals surface area contributed by atoms with Crippen molar-refractivity contribution in [3.05, 3.63) is 23.7 Å². The Kier molecular flexibility index (Phi) is 5.03. The van der Waals surface area contributed by atoms with Crippen molar-refractivity contribution in [3.63, 3.8) is 0 Å². The van der Waals surface area contributed by atoms with Gasteiger partial charge in [-0.3, -0.25) is 9.48 Å². The highest BCUT2D eigenvalue weighted by atomic mass is 19.4. The number of hydrogen-bond donors (Lipinski definition) is 2. The average Bonchev–Trinajstić information content (AvgIpc) is 3.34. The van der Waals surface area contributed by atoms with Gasteiger partial charge in [0.1, 0.15) is 17.4 Å². The first-order valence-corrected chi connectivity index (χ1v) is 10.9. The molecule has 2 N–H and O–H groups in total. The monoisotopic (exact) mass is 465 g/mol. The Morgan fingerprint density at radius 3 is 2.67 bits per heavy atom. The summed E-state index contributed by atoms with van der Waals surface area (Å²) in [4.78, 5) is 23.7. The van der Waals surface area contributed by atoms with E-state index in [0.29, 0.717) is 36.0 Å². The fourth-order valence-corrected chi connectivity index (χ4v) is 4.97. The van der Waals surface area contributed by atoms with Crippen molar-refractivity contribution in [2.45, 2.75) is 63.0 Å². The van der Waals surface area contributed by atoms with E-state index in [-0.39, 0.29) is 24.4 Å². The number of nitrogens with one attached hydrogen (secondary N) is 2. The number of rotatable bonds is 6. The number of ether oxygens (including phenoxy) is 1. The van der Waals surface area contributed by atoms with Gasteiger partial charge in [0.2, 0.25) is 11.9 Å². The van der Waals surface area contributed by atoms with Gasteiger partial charge >= 0.3 is 6.18 Å². The molecule has 0 spiro atoms.